The molecule has 0 saturated heterocycles. The molecular formula is C25H36N8O11. The van der Waals surface area contributed by atoms with Crippen molar-refractivity contribution < 1.29 is 49.8 Å². The van der Waals surface area contributed by atoms with Crippen molar-refractivity contribution in [3.8, 4) is 0 Å². The maximum absolute atomic E-state index is 12.3. The summed E-state index contributed by atoms with van der Waals surface area (Å²) >= 11 is 0. The number of aliphatic hydroxyl groups is 4. The number of benzene rings is 1. The van der Waals surface area contributed by atoms with Crippen molar-refractivity contribution >= 4 is 47.3 Å². The molecule has 0 aliphatic carbocycles. The van der Waals surface area contributed by atoms with Crippen LogP contribution in [0.5, 0.6) is 0 Å². The summed E-state index contributed by atoms with van der Waals surface area (Å²) in [7, 11) is 0. The number of carboxylic acid groups (broad SMARTS) is 2. The largest absolute Gasteiger partial charge is 0.481 e. The number of carbonyl (C=O) groups is 4. The van der Waals surface area contributed by atoms with Crippen molar-refractivity contribution in [2.24, 2.45) is 5.73 Å². The zero-order valence-electron chi connectivity index (χ0n) is 23.2. The first-order valence-electron chi connectivity index (χ1n) is 13.1. The van der Waals surface area contributed by atoms with E-state index < -0.39 is 54.8 Å². The monoisotopic (exact) mass is 624 g/mol. The van der Waals surface area contributed by atoms with E-state index in [0.29, 0.717) is 30.3 Å². The minimum Gasteiger partial charge on any atom is -0.481 e. The number of nitrogen functional groups attached to an aromatic ring is 1. The summed E-state index contributed by atoms with van der Waals surface area (Å²) in [5.41, 5.74) is 11.4. The molecule has 1 aromatic carbocycles. The van der Waals surface area contributed by atoms with Gasteiger partial charge in [0.2, 0.25) is 5.95 Å². The number of nitrogens with zero attached hydrogens (tertiary/aromatic N) is 1. The van der Waals surface area contributed by atoms with E-state index in [1.54, 1.807) is 12.1 Å². The van der Waals surface area contributed by atoms with E-state index in [4.69, 9.17) is 42.1 Å². The highest BCUT2D eigenvalue weighted by Gasteiger charge is 2.28. The van der Waals surface area contributed by atoms with Crippen LogP contribution in [0.2, 0.25) is 0 Å². The number of nitrogens with two attached hydrogens (primary N) is 2. The van der Waals surface area contributed by atoms with Gasteiger partial charge < -0.3 is 68.2 Å². The Hall–Kier alpha value is -4.82. The van der Waals surface area contributed by atoms with Crippen LogP contribution in [0.25, 0.3) is 0 Å². The maximum Gasteiger partial charge on any atom is 0.326 e. The molecule has 0 bridgehead atoms. The average Bonchev–Trinajstić information content (AvgIpc) is 3.00. The Bertz CT molecular complexity index is 1340. The molecule has 0 radical (unpaired) electrons. The number of fused-ring (bicyclic) bond motifs is 1. The van der Waals surface area contributed by atoms with Crippen LogP contribution in [0.15, 0.2) is 29.1 Å². The predicted octanol–water partition coefficient (Wildman–Crippen LogP) is -3.69. The van der Waals surface area contributed by atoms with Gasteiger partial charge in [-0.2, -0.15) is 4.98 Å². The molecule has 19 nitrogen and oxygen atoms in total. The zero-order chi connectivity index (χ0) is 33.0. The van der Waals surface area contributed by atoms with Crippen LogP contribution in [0.4, 0.5) is 23.1 Å². The molecular weight excluding hydrogens is 588 g/mol. The fraction of sp³-hybridized carbons (Fsp3) is 0.440. The van der Waals surface area contributed by atoms with Crippen LogP contribution < -0.4 is 38.3 Å². The molecule has 6 atom stereocenters. The molecule has 1 unspecified atom stereocenters. The molecule has 1 amide bonds. The maximum atomic E-state index is 12.3. The Morgan fingerprint density at radius 2 is 1.77 bits per heavy atom. The Morgan fingerprint density at radius 1 is 1.11 bits per heavy atom. The zero-order valence-corrected chi connectivity index (χ0v) is 23.2. The number of rotatable bonds is 14. The number of carbonyl (C=O) groups excluding carboxylic acids is 2. The van der Waals surface area contributed by atoms with Gasteiger partial charge in [0.1, 0.15) is 36.3 Å². The third kappa shape index (κ3) is 10.5. The molecule has 242 valence electrons. The second-order valence-corrected chi connectivity index (χ2v) is 9.60. The van der Waals surface area contributed by atoms with Crippen molar-refractivity contribution in [2.45, 2.75) is 49.3 Å². The Labute approximate surface area is 249 Å². The summed E-state index contributed by atoms with van der Waals surface area (Å²) in [6, 6.07) is 3.67. The van der Waals surface area contributed by atoms with Crippen LogP contribution in [0.3, 0.4) is 0 Å². The van der Waals surface area contributed by atoms with Crippen LogP contribution >= 0.6 is 0 Å². The SMILES string of the molecule is N[C@@H](C=O)[C@@H](O)[C@H](O)[C@H](O)CO.Nc1nc2c(c(=O)[nH]1)N[C@@H](CNc1ccc(C(=O)NC(CCC(=O)O)C(=O)O)cc1)CN2. The summed E-state index contributed by atoms with van der Waals surface area (Å²) < 4.78 is 0. The van der Waals surface area contributed by atoms with E-state index in [1.165, 1.54) is 12.1 Å². The van der Waals surface area contributed by atoms with Crippen molar-refractivity contribution in [3.63, 3.8) is 0 Å². The fourth-order valence-corrected chi connectivity index (χ4v) is 3.74. The molecule has 0 spiro atoms. The van der Waals surface area contributed by atoms with Gasteiger partial charge in [-0.3, -0.25) is 19.4 Å². The average molecular weight is 625 g/mol. The number of aromatic nitrogens is 2. The number of nitrogens with one attached hydrogen (secondary N) is 5. The lowest BCUT2D eigenvalue weighted by Crippen LogP contribution is -2.49. The van der Waals surface area contributed by atoms with E-state index in [2.05, 4.69) is 31.2 Å². The Morgan fingerprint density at radius 3 is 2.34 bits per heavy atom. The molecule has 1 aliphatic rings. The van der Waals surface area contributed by atoms with Gasteiger partial charge in [0.25, 0.3) is 11.5 Å². The van der Waals surface area contributed by atoms with E-state index in [-0.39, 0.29) is 42.2 Å². The highest BCUT2D eigenvalue weighted by molar-refractivity contribution is 5.97. The van der Waals surface area contributed by atoms with Crippen molar-refractivity contribution in [2.75, 3.05) is 41.4 Å². The van der Waals surface area contributed by atoms with Gasteiger partial charge in [-0.25, -0.2) is 4.79 Å². The van der Waals surface area contributed by atoms with E-state index in [9.17, 15) is 24.0 Å². The van der Waals surface area contributed by atoms with Gasteiger partial charge in [-0.15, -0.1) is 0 Å². The third-order valence-electron chi connectivity index (χ3n) is 6.23. The molecule has 0 saturated carbocycles. The second kappa shape index (κ2) is 16.7. The highest BCUT2D eigenvalue weighted by atomic mass is 16.4. The normalized spacial score (nSPS) is 17.0. The number of hydrogen-bond acceptors (Lipinski definition) is 15. The third-order valence-corrected chi connectivity index (χ3v) is 6.23. The first kappa shape index (κ1) is 35.4. The minimum atomic E-state index is -1.62. The van der Waals surface area contributed by atoms with Gasteiger partial charge in [0.15, 0.2) is 5.82 Å². The molecule has 1 aliphatic heterocycles. The smallest absolute Gasteiger partial charge is 0.326 e. The van der Waals surface area contributed by atoms with Gasteiger partial charge in [0.05, 0.1) is 18.7 Å². The molecule has 2 aromatic rings. The summed E-state index contributed by atoms with van der Waals surface area (Å²) in [6.07, 6.45) is -5.01. The Kier molecular flexibility index (Phi) is 13.4. The number of aromatic amines is 1. The van der Waals surface area contributed by atoms with E-state index in [0.717, 1.165) is 0 Å². The number of aliphatic carboxylic acids is 2. The predicted molar refractivity (Wildman–Crippen MR) is 155 cm³/mol. The molecule has 3 rings (SSSR count). The van der Waals surface area contributed by atoms with E-state index >= 15 is 0 Å². The van der Waals surface area contributed by atoms with Gasteiger partial charge >= 0.3 is 11.9 Å². The first-order chi connectivity index (χ1) is 20.8. The summed E-state index contributed by atoms with van der Waals surface area (Å²) in [6.45, 7) is 0.255. The number of amides is 1. The number of hydrogen-bond donors (Lipinski definition) is 13. The lowest BCUT2D eigenvalue weighted by atomic mass is 10.0. The number of aliphatic hydroxyl groups excluding tert-OH is 4. The van der Waals surface area contributed by atoms with Crippen molar-refractivity contribution in [3.05, 3.63) is 40.2 Å². The molecule has 15 N–H and O–H groups in total. The molecule has 19 heteroatoms. The molecule has 44 heavy (non-hydrogen) atoms. The van der Waals surface area contributed by atoms with Crippen molar-refractivity contribution in [1.82, 2.24) is 15.3 Å². The van der Waals surface area contributed by atoms with Gasteiger partial charge in [0, 0.05) is 30.8 Å². The fourth-order valence-electron chi connectivity index (χ4n) is 3.74. The lowest BCUT2D eigenvalue weighted by molar-refractivity contribution is -0.140. The van der Waals surface area contributed by atoms with Crippen LogP contribution in [0.1, 0.15) is 23.2 Å². The summed E-state index contributed by atoms with van der Waals surface area (Å²) in [4.78, 5) is 62.6. The molecule has 1 aromatic heterocycles. The number of carboxylic acids is 2. The topological polar surface area (TPSA) is 336 Å². The minimum absolute atomic E-state index is 0.0281. The lowest BCUT2D eigenvalue weighted by Gasteiger charge is -2.27. The highest BCUT2D eigenvalue weighted by Crippen LogP contribution is 2.20. The summed E-state index contributed by atoms with van der Waals surface area (Å²) in [5.74, 6) is -2.64. The number of H-pyrrole nitrogens is 1. The number of anilines is 4. The van der Waals surface area contributed by atoms with Crippen LogP contribution in [-0.2, 0) is 14.4 Å². The summed E-state index contributed by atoms with van der Waals surface area (Å²) in [5, 5.41) is 64.7. The Balaban J connectivity index is 0.000000477. The van der Waals surface area contributed by atoms with E-state index in [1.807, 2.05) is 0 Å². The van der Waals surface area contributed by atoms with Gasteiger partial charge in [-0.1, -0.05) is 0 Å². The quantitative estimate of drug-likeness (QED) is 0.0899. The van der Waals surface area contributed by atoms with Crippen LogP contribution in [-0.4, -0.2) is 121 Å². The second-order valence-electron chi connectivity index (χ2n) is 9.60. The molecule has 0 fully saturated rings. The molecule has 2 heterocycles. The first-order valence-corrected chi connectivity index (χ1v) is 13.1. The van der Waals surface area contributed by atoms with Crippen molar-refractivity contribution in [1.29, 1.82) is 0 Å². The van der Waals surface area contributed by atoms with Gasteiger partial charge in [-0.05, 0) is 30.7 Å². The standard InChI is InChI=1S/C19H23N7O6.C6H13NO5/c20-19-25-15-14(17(30)26-19)23-11(8-22-15)7-21-10-3-1-9(2-4-10)16(29)24-12(18(31)32)5-6-13(27)28;7-3(1-8)5(11)6(12)4(10)2-9/h1-4,11-12,21,23H,5-8H2,(H,24,29)(H,27,28)(H,31,32)(H4,20,22,25,26,30);1,3-6,9-12H,2,7H2/t11-,12?;3-,4+,5+,6+/m00/s1. The number of aldehydes is 1. The van der Waals surface area contributed by atoms with Crippen LogP contribution in [0, 0.1) is 0 Å².